The number of carbonyl (C=O) groups is 1. The summed E-state index contributed by atoms with van der Waals surface area (Å²) in [5.41, 5.74) is -0.579. The van der Waals surface area contributed by atoms with Crippen LogP contribution in [0.15, 0.2) is 31.0 Å². The number of likely N-dealkylation sites (tertiary alicyclic amines) is 1. The molecule has 0 radical (unpaired) electrons. The van der Waals surface area contributed by atoms with Gasteiger partial charge in [0, 0.05) is 19.3 Å². The minimum atomic E-state index is -1.06. The Bertz CT molecular complexity index is 633. The third kappa shape index (κ3) is 2.83. The summed E-state index contributed by atoms with van der Waals surface area (Å²) >= 11 is 0. The number of pyridine rings is 1. The first-order valence-electron chi connectivity index (χ1n) is 7.05. The molecule has 1 aliphatic rings. The first-order valence-corrected chi connectivity index (χ1v) is 7.05. The van der Waals surface area contributed by atoms with Crippen molar-refractivity contribution in [2.75, 3.05) is 19.7 Å². The lowest BCUT2D eigenvalue weighted by molar-refractivity contribution is -0.0546. The summed E-state index contributed by atoms with van der Waals surface area (Å²) in [5, 5.41) is 23.1. The van der Waals surface area contributed by atoms with E-state index >= 15 is 0 Å². The van der Waals surface area contributed by atoms with Crippen LogP contribution >= 0.6 is 0 Å². The van der Waals surface area contributed by atoms with Crippen LogP contribution in [0.4, 0.5) is 0 Å². The zero-order chi connectivity index (χ0) is 15.6. The molecule has 1 amide bonds. The maximum atomic E-state index is 12.4. The fourth-order valence-corrected chi connectivity index (χ4v) is 2.44. The lowest BCUT2D eigenvalue weighted by Gasteiger charge is -2.36. The topological polar surface area (TPSA) is 104 Å². The van der Waals surface area contributed by atoms with Crippen molar-refractivity contribution < 1.29 is 15.0 Å². The highest BCUT2D eigenvalue weighted by atomic mass is 16.3. The first-order chi connectivity index (χ1) is 10.6. The highest BCUT2D eigenvalue weighted by Gasteiger charge is 2.33. The Morgan fingerprint density at radius 3 is 2.64 bits per heavy atom. The predicted octanol–water partition coefficient (Wildman–Crippen LogP) is -0.378. The molecule has 1 fully saturated rings. The van der Waals surface area contributed by atoms with Crippen molar-refractivity contribution in [3.8, 4) is 5.82 Å². The van der Waals surface area contributed by atoms with Crippen molar-refractivity contribution >= 4 is 5.91 Å². The monoisotopic (exact) mass is 303 g/mol. The highest BCUT2D eigenvalue weighted by molar-refractivity contribution is 5.94. The van der Waals surface area contributed by atoms with Crippen LogP contribution in [0.3, 0.4) is 0 Å². The number of aliphatic hydroxyl groups excluding tert-OH is 1. The van der Waals surface area contributed by atoms with Crippen molar-refractivity contribution in [3.63, 3.8) is 0 Å². The number of hydrogen-bond acceptors (Lipinski definition) is 6. The van der Waals surface area contributed by atoms with E-state index in [4.69, 9.17) is 5.11 Å². The van der Waals surface area contributed by atoms with Gasteiger partial charge < -0.3 is 15.1 Å². The molecule has 2 N–H and O–H groups in total. The summed E-state index contributed by atoms with van der Waals surface area (Å²) in [6, 6.07) is 3.40. The lowest BCUT2D eigenvalue weighted by Crippen LogP contribution is -2.48. The molecule has 1 aliphatic heterocycles. The summed E-state index contributed by atoms with van der Waals surface area (Å²) < 4.78 is 1.51. The van der Waals surface area contributed by atoms with Gasteiger partial charge in [0.1, 0.15) is 12.7 Å². The molecule has 0 atom stereocenters. The van der Waals surface area contributed by atoms with Crippen LogP contribution in [0.5, 0.6) is 0 Å². The SMILES string of the molecule is O=C(c1ccc(-n2cncn2)nc1)N1CCC(O)(CO)CC1. The molecule has 22 heavy (non-hydrogen) atoms. The molecule has 0 bridgehead atoms. The van der Waals surface area contributed by atoms with Gasteiger partial charge in [0.15, 0.2) is 5.82 Å². The van der Waals surface area contributed by atoms with Gasteiger partial charge in [-0.25, -0.2) is 14.6 Å². The molecule has 0 saturated carbocycles. The van der Waals surface area contributed by atoms with E-state index in [1.165, 1.54) is 23.5 Å². The Kier molecular flexibility index (Phi) is 3.86. The summed E-state index contributed by atoms with van der Waals surface area (Å²) in [4.78, 5) is 22.1. The van der Waals surface area contributed by atoms with Gasteiger partial charge in [0.05, 0.1) is 17.8 Å². The molecule has 3 heterocycles. The van der Waals surface area contributed by atoms with Crippen molar-refractivity contribution in [2.45, 2.75) is 18.4 Å². The van der Waals surface area contributed by atoms with Gasteiger partial charge in [-0.1, -0.05) is 0 Å². The lowest BCUT2D eigenvalue weighted by atomic mass is 9.92. The average molecular weight is 303 g/mol. The molecule has 1 saturated heterocycles. The largest absolute Gasteiger partial charge is 0.393 e. The Hall–Kier alpha value is -2.32. The Morgan fingerprint density at radius 1 is 1.32 bits per heavy atom. The average Bonchev–Trinajstić information content (AvgIpc) is 3.10. The second-order valence-corrected chi connectivity index (χ2v) is 5.42. The van der Waals surface area contributed by atoms with Gasteiger partial charge in [-0.3, -0.25) is 4.79 Å². The van der Waals surface area contributed by atoms with Gasteiger partial charge in [-0.15, -0.1) is 0 Å². The number of amides is 1. The molecular weight excluding hydrogens is 286 g/mol. The van der Waals surface area contributed by atoms with E-state index in [1.54, 1.807) is 17.0 Å². The third-order valence-electron chi connectivity index (χ3n) is 3.92. The molecular formula is C14H17N5O3. The van der Waals surface area contributed by atoms with E-state index in [2.05, 4.69) is 15.1 Å². The van der Waals surface area contributed by atoms with E-state index in [0.717, 1.165) is 0 Å². The molecule has 0 aromatic carbocycles. The number of aromatic nitrogens is 4. The van der Waals surface area contributed by atoms with Crippen molar-refractivity contribution in [2.24, 2.45) is 0 Å². The van der Waals surface area contributed by atoms with Crippen molar-refractivity contribution in [1.29, 1.82) is 0 Å². The molecule has 0 aliphatic carbocycles. The number of carbonyl (C=O) groups excluding carboxylic acids is 1. The maximum absolute atomic E-state index is 12.4. The zero-order valence-corrected chi connectivity index (χ0v) is 12.0. The second-order valence-electron chi connectivity index (χ2n) is 5.42. The minimum Gasteiger partial charge on any atom is -0.393 e. The number of hydrogen-bond donors (Lipinski definition) is 2. The molecule has 8 heteroatoms. The predicted molar refractivity (Wildman–Crippen MR) is 76.3 cm³/mol. The van der Waals surface area contributed by atoms with E-state index < -0.39 is 5.60 Å². The smallest absolute Gasteiger partial charge is 0.255 e. The Morgan fingerprint density at radius 2 is 2.09 bits per heavy atom. The normalized spacial score (nSPS) is 17.5. The summed E-state index contributed by atoms with van der Waals surface area (Å²) in [6.07, 6.45) is 5.20. The van der Waals surface area contributed by atoms with E-state index in [-0.39, 0.29) is 12.5 Å². The van der Waals surface area contributed by atoms with Gasteiger partial charge in [-0.2, -0.15) is 5.10 Å². The Balaban J connectivity index is 1.68. The summed E-state index contributed by atoms with van der Waals surface area (Å²) in [5.74, 6) is 0.458. The second kappa shape index (κ2) is 5.82. The Labute approximate surface area is 127 Å². The van der Waals surface area contributed by atoms with Gasteiger partial charge >= 0.3 is 0 Å². The number of aliphatic hydroxyl groups is 2. The molecule has 8 nitrogen and oxygen atoms in total. The van der Waals surface area contributed by atoms with Crippen LogP contribution in [-0.4, -0.2) is 66.1 Å². The van der Waals surface area contributed by atoms with Crippen LogP contribution in [0, 0.1) is 0 Å². The van der Waals surface area contributed by atoms with Crippen LogP contribution in [0.25, 0.3) is 5.82 Å². The van der Waals surface area contributed by atoms with Crippen LogP contribution in [-0.2, 0) is 0 Å². The molecule has 3 rings (SSSR count). The van der Waals surface area contributed by atoms with Gasteiger partial charge in [0.25, 0.3) is 5.91 Å². The maximum Gasteiger partial charge on any atom is 0.255 e. The zero-order valence-electron chi connectivity index (χ0n) is 12.0. The van der Waals surface area contributed by atoms with E-state index in [0.29, 0.717) is 37.3 Å². The van der Waals surface area contributed by atoms with Crippen LogP contribution < -0.4 is 0 Å². The molecule has 0 unspecified atom stereocenters. The molecule has 2 aromatic rings. The standard InChI is InChI=1S/C14H17N5O3/c20-8-14(22)3-5-18(6-4-14)13(21)11-1-2-12(16-7-11)19-10-15-9-17-19/h1-2,7,9-10,20,22H,3-6,8H2. The van der Waals surface area contributed by atoms with E-state index in [9.17, 15) is 9.90 Å². The molecule has 116 valence electrons. The summed E-state index contributed by atoms with van der Waals surface area (Å²) in [6.45, 7) is 0.560. The minimum absolute atomic E-state index is 0.127. The van der Waals surface area contributed by atoms with Crippen LogP contribution in [0.1, 0.15) is 23.2 Å². The number of rotatable bonds is 3. The van der Waals surface area contributed by atoms with Crippen molar-refractivity contribution in [3.05, 3.63) is 36.5 Å². The summed E-state index contributed by atoms with van der Waals surface area (Å²) in [7, 11) is 0. The van der Waals surface area contributed by atoms with Gasteiger partial charge in [0.2, 0.25) is 0 Å². The molecule has 2 aromatic heterocycles. The van der Waals surface area contributed by atoms with Gasteiger partial charge in [-0.05, 0) is 25.0 Å². The molecule has 0 spiro atoms. The highest BCUT2D eigenvalue weighted by Crippen LogP contribution is 2.22. The van der Waals surface area contributed by atoms with E-state index in [1.807, 2.05) is 0 Å². The van der Waals surface area contributed by atoms with Crippen LogP contribution in [0.2, 0.25) is 0 Å². The quantitative estimate of drug-likeness (QED) is 0.801. The first kappa shape index (κ1) is 14.6. The fraction of sp³-hybridized carbons (Fsp3) is 0.429. The fourth-order valence-electron chi connectivity index (χ4n) is 2.44. The van der Waals surface area contributed by atoms with Crippen molar-refractivity contribution in [1.82, 2.24) is 24.6 Å². The number of piperidine rings is 1. The number of nitrogens with zero attached hydrogens (tertiary/aromatic N) is 5. The third-order valence-corrected chi connectivity index (χ3v) is 3.92.